The van der Waals surface area contributed by atoms with Gasteiger partial charge in [-0.05, 0) is 30.7 Å². The van der Waals surface area contributed by atoms with E-state index in [-0.39, 0.29) is 12.3 Å². The Morgan fingerprint density at radius 3 is 2.50 bits per heavy atom. The van der Waals surface area contributed by atoms with Gasteiger partial charge in [0, 0.05) is 43.3 Å². The monoisotopic (exact) mass is 426 g/mol. The minimum absolute atomic E-state index is 0.0130. The number of halogens is 1. The van der Waals surface area contributed by atoms with Crippen molar-refractivity contribution in [3.63, 3.8) is 0 Å². The fraction of sp³-hybridized carbons (Fsp3) is 0.304. The standard InChI is InChI=1S/C23H23ClN2O4/c1-15-17-12-19(24)21(29-2)14-20(17)30-23(28)18(15)13-22(27)26-10-8-25(9-11-26)16-6-4-3-5-7-16/h3-7,12,14H,8-11,13H2,1-2H3. The number of amides is 1. The van der Waals surface area contributed by atoms with Gasteiger partial charge in [0.25, 0.3) is 0 Å². The molecule has 0 radical (unpaired) electrons. The van der Waals surface area contributed by atoms with Gasteiger partial charge in [-0.25, -0.2) is 4.79 Å². The van der Waals surface area contributed by atoms with Crippen LogP contribution in [0.25, 0.3) is 11.0 Å². The van der Waals surface area contributed by atoms with Crippen LogP contribution in [0.3, 0.4) is 0 Å². The quantitative estimate of drug-likeness (QED) is 0.596. The molecule has 1 amide bonds. The van der Waals surface area contributed by atoms with Crippen molar-refractivity contribution >= 4 is 34.2 Å². The first-order valence-corrected chi connectivity index (χ1v) is 10.2. The number of rotatable bonds is 4. The van der Waals surface area contributed by atoms with Crippen LogP contribution in [-0.4, -0.2) is 44.1 Å². The number of anilines is 1. The third-order valence-electron chi connectivity index (χ3n) is 5.64. The van der Waals surface area contributed by atoms with Crippen LogP contribution in [-0.2, 0) is 11.2 Å². The van der Waals surface area contributed by atoms with Crippen LogP contribution in [0.15, 0.2) is 51.7 Å². The van der Waals surface area contributed by atoms with Crippen molar-refractivity contribution in [2.45, 2.75) is 13.3 Å². The molecule has 1 aliphatic heterocycles. The maximum Gasteiger partial charge on any atom is 0.340 e. The molecule has 1 aliphatic rings. The molecule has 1 aromatic heterocycles. The molecular formula is C23H23ClN2O4. The first-order valence-electron chi connectivity index (χ1n) is 9.85. The van der Waals surface area contributed by atoms with E-state index in [4.69, 9.17) is 20.8 Å². The highest BCUT2D eigenvalue weighted by molar-refractivity contribution is 6.32. The lowest BCUT2D eigenvalue weighted by molar-refractivity contribution is -0.130. The molecule has 4 rings (SSSR count). The van der Waals surface area contributed by atoms with Gasteiger partial charge in [0.15, 0.2) is 0 Å². The van der Waals surface area contributed by atoms with Crippen LogP contribution in [0.2, 0.25) is 5.02 Å². The van der Waals surface area contributed by atoms with Crippen molar-refractivity contribution in [2.75, 3.05) is 38.2 Å². The smallest absolute Gasteiger partial charge is 0.340 e. The molecule has 0 unspecified atom stereocenters. The van der Waals surface area contributed by atoms with Crippen molar-refractivity contribution in [3.8, 4) is 5.75 Å². The number of hydrogen-bond donors (Lipinski definition) is 0. The second-order valence-electron chi connectivity index (χ2n) is 7.36. The summed E-state index contributed by atoms with van der Waals surface area (Å²) in [4.78, 5) is 29.5. The lowest BCUT2D eigenvalue weighted by Gasteiger charge is -2.36. The predicted octanol–water partition coefficient (Wildman–Crippen LogP) is 3.65. The Hall–Kier alpha value is -2.99. The van der Waals surface area contributed by atoms with Gasteiger partial charge in [-0.15, -0.1) is 0 Å². The highest BCUT2D eigenvalue weighted by Crippen LogP contribution is 2.31. The Kier molecular flexibility index (Phi) is 5.68. The fourth-order valence-corrected chi connectivity index (χ4v) is 4.11. The van der Waals surface area contributed by atoms with E-state index in [0.29, 0.717) is 46.0 Å². The van der Waals surface area contributed by atoms with Crippen LogP contribution < -0.4 is 15.3 Å². The molecule has 0 N–H and O–H groups in total. The van der Waals surface area contributed by atoms with E-state index in [1.54, 1.807) is 12.1 Å². The van der Waals surface area contributed by atoms with Gasteiger partial charge >= 0.3 is 5.63 Å². The van der Waals surface area contributed by atoms with E-state index >= 15 is 0 Å². The lowest BCUT2D eigenvalue weighted by Crippen LogP contribution is -2.49. The second-order valence-corrected chi connectivity index (χ2v) is 7.76. The van der Waals surface area contributed by atoms with Crippen LogP contribution in [0.1, 0.15) is 11.1 Å². The van der Waals surface area contributed by atoms with Gasteiger partial charge in [0.2, 0.25) is 5.91 Å². The molecule has 0 bridgehead atoms. The molecule has 0 spiro atoms. The maximum atomic E-state index is 12.9. The average Bonchev–Trinajstić information content (AvgIpc) is 2.77. The van der Waals surface area contributed by atoms with Crippen LogP contribution >= 0.6 is 11.6 Å². The van der Waals surface area contributed by atoms with Gasteiger partial charge in [-0.2, -0.15) is 0 Å². The summed E-state index contributed by atoms with van der Waals surface area (Å²) in [7, 11) is 1.50. The summed E-state index contributed by atoms with van der Waals surface area (Å²) in [6.45, 7) is 4.58. The third kappa shape index (κ3) is 3.87. The highest BCUT2D eigenvalue weighted by atomic mass is 35.5. The molecule has 1 saturated heterocycles. The number of hydrogen-bond acceptors (Lipinski definition) is 5. The summed E-state index contributed by atoms with van der Waals surface area (Å²) in [5.74, 6) is 0.365. The van der Waals surface area contributed by atoms with Crippen LogP contribution in [0.4, 0.5) is 5.69 Å². The molecule has 7 heteroatoms. The summed E-state index contributed by atoms with van der Waals surface area (Å²) in [6.07, 6.45) is 0.0130. The van der Waals surface area contributed by atoms with E-state index in [2.05, 4.69) is 17.0 Å². The fourth-order valence-electron chi connectivity index (χ4n) is 3.87. The zero-order valence-corrected chi connectivity index (χ0v) is 17.7. The Morgan fingerprint density at radius 1 is 1.13 bits per heavy atom. The SMILES string of the molecule is COc1cc2oc(=O)c(CC(=O)N3CCN(c4ccccc4)CC3)c(C)c2cc1Cl. The minimum atomic E-state index is -0.499. The minimum Gasteiger partial charge on any atom is -0.495 e. The molecule has 2 heterocycles. The van der Waals surface area contributed by atoms with Gasteiger partial charge < -0.3 is 19.0 Å². The lowest BCUT2D eigenvalue weighted by atomic mass is 10.0. The van der Waals surface area contributed by atoms with Crippen molar-refractivity contribution in [1.82, 2.24) is 4.90 Å². The maximum absolute atomic E-state index is 12.9. The van der Waals surface area contributed by atoms with Crippen LogP contribution in [0.5, 0.6) is 5.75 Å². The molecule has 2 aromatic carbocycles. The molecule has 0 aliphatic carbocycles. The van der Waals surface area contributed by atoms with Crippen molar-refractivity contribution in [2.24, 2.45) is 0 Å². The Balaban J connectivity index is 1.51. The molecule has 0 atom stereocenters. The number of para-hydroxylation sites is 1. The van der Waals surface area contributed by atoms with Gasteiger partial charge in [0.05, 0.1) is 24.1 Å². The van der Waals surface area contributed by atoms with E-state index < -0.39 is 5.63 Å². The molecule has 1 fully saturated rings. The topological polar surface area (TPSA) is 63.0 Å². The van der Waals surface area contributed by atoms with E-state index in [1.807, 2.05) is 30.0 Å². The van der Waals surface area contributed by atoms with Crippen LogP contribution in [0, 0.1) is 6.92 Å². The molecule has 156 valence electrons. The molecule has 6 nitrogen and oxygen atoms in total. The number of fused-ring (bicyclic) bond motifs is 1. The Labute approximate surface area is 179 Å². The van der Waals surface area contributed by atoms with Crippen molar-refractivity contribution in [1.29, 1.82) is 0 Å². The normalized spacial score (nSPS) is 14.2. The summed E-state index contributed by atoms with van der Waals surface area (Å²) in [5.41, 5.74) is 2.14. The zero-order valence-electron chi connectivity index (χ0n) is 17.0. The number of ether oxygens (including phenoxy) is 1. The first kappa shape index (κ1) is 20.3. The zero-order chi connectivity index (χ0) is 21.3. The van der Waals surface area contributed by atoms with Crippen molar-refractivity contribution in [3.05, 3.63) is 69.0 Å². The Bertz CT molecular complexity index is 1140. The molecule has 30 heavy (non-hydrogen) atoms. The molecule has 3 aromatic rings. The van der Waals surface area contributed by atoms with Gasteiger partial charge in [-0.3, -0.25) is 4.79 Å². The van der Waals surface area contributed by atoms with E-state index in [0.717, 1.165) is 18.8 Å². The van der Waals surface area contributed by atoms with E-state index in [9.17, 15) is 9.59 Å². The first-order chi connectivity index (χ1) is 14.5. The summed E-state index contributed by atoms with van der Waals surface area (Å²) in [5, 5.41) is 1.13. The van der Waals surface area contributed by atoms with Gasteiger partial charge in [0.1, 0.15) is 11.3 Å². The number of aryl methyl sites for hydroxylation is 1. The number of piperazine rings is 1. The second kappa shape index (κ2) is 8.40. The number of benzene rings is 2. The largest absolute Gasteiger partial charge is 0.495 e. The molecular weight excluding hydrogens is 404 g/mol. The third-order valence-corrected chi connectivity index (χ3v) is 5.94. The molecule has 0 saturated carbocycles. The number of carbonyl (C=O) groups excluding carboxylic acids is 1. The average molecular weight is 427 g/mol. The van der Waals surface area contributed by atoms with Gasteiger partial charge in [-0.1, -0.05) is 29.8 Å². The van der Waals surface area contributed by atoms with E-state index in [1.165, 1.54) is 7.11 Å². The summed E-state index contributed by atoms with van der Waals surface area (Å²) < 4.78 is 10.6. The Morgan fingerprint density at radius 2 is 1.83 bits per heavy atom. The number of methoxy groups -OCH3 is 1. The summed E-state index contributed by atoms with van der Waals surface area (Å²) >= 11 is 6.23. The highest BCUT2D eigenvalue weighted by Gasteiger charge is 2.24. The number of carbonyl (C=O) groups is 1. The van der Waals surface area contributed by atoms with Crippen molar-refractivity contribution < 1.29 is 13.9 Å². The summed E-state index contributed by atoms with van der Waals surface area (Å²) in [6, 6.07) is 13.5. The predicted molar refractivity (Wildman–Crippen MR) is 118 cm³/mol. The number of nitrogens with zero attached hydrogens (tertiary/aromatic N) is 2.